The summed E-state index contributed by atoms with van der Waals surface area (Å²) in [7, 11) is 0. The number of aliphatic hydroxyl groups excluding tert-OH is 3. The van der Waals surface area contributed by atoms with E-state index in [0.717, 1.165) is 11.1 Å². The summed E-state index contributed by atoms with van der Waals surface area (Å²) in [6.07, 6.45) is 2.46. The van der Waals surface area contributed by atoms with Crippen LogP contribution in [0.2, 0.25) is 0 Å². The zero-order valence-electron chi connectivity index (χ0n) is 15.4. The van der Waals surface area contributed by atoms with E-state index in [1.165, 1.54) is 0 Å². The molecular weight excluding hydrogens is 352 g/mol. The van der Waals surface area contributed by atoms with Crippen molar-refractivity contribution in [3.63, 3.8) is 0 Å². The molecule has 0 bridgehead atoms. The molecular formula is C20H26O7. The molecule has 1 fully saturated rings. The van der Waals surface area contributed by atoms with Gasteiger partial charge in [0.15, 0.2) is 0 Å². The Hall–Kier alpha value is -2.22. The maximum atomic E-state index is 12.3. The molecule has 1 saturated heterocycles. The van der Waals surface area contributed by atoms with Gasteiger partial charge in [0, 0.05) is 12.0 Å². The zero-order valence-corrected chi connectivity index (χ0v) is 15.4. The van der Waals surface area contributed by atoms with Crippen LogP contribution in [-0.2, 0) is 19.1 Å². The molecule has 0 spiro atoms. The largest absolute Gasteiger partial charge is 0.458 e. The number of ether oxygens (including phenoxy) is 2. The summed E-state index contributed by atoms with van der Waals surface area (Å²) in [6, 6.07) is 0. The highest BCUT2D eigenvalue weighted by atomic mass is 16.6. The lowest BCUT2D eigenvalue weighted by Gasteiger charge is -2.28. The van der Waals surface area contributed by atoms with Crippen LogP contribution in [0.4, 0.5) is 0 Å². The van der Waals surface area contributed by atoms with Crippen LogP contribution in [0.15, 0.2) is 47.6 Å². The van der Waals surface area contributed by atoms with Gasteiger partial charge >= 0.3 is 11.9 Å². The maximum absolute atomic E-state index is 12.3. The summed E-state index contributed by atoms with van der Waals surface area (Å²) in [5.41, 5.74) is 1.60. The minimum atomic E-state index is -1.42. The van der Waals surface area contributed by atoms with E-state index in [4.69, 9.17) is 14.6 Å². The second kappa shape index (κ2) is 9.12. The number of carbonyl (C=O) groups excluding carboxylic acids is 2. The second-order valence-electron chi connectivity index (χ2n) is 6.86. The molecule has 0 saturated carbocycles. The average Bonchev–Trinajstić information content (AvgIpc) is 2.92. The van der Waals surface area contributed by atoms with Crippen molar-refractivity contribution < 1.29 is 34.4 Å². The van der Waals surface area contributed by atoms with Gasteiger partial charge in [-0.1, -0.05) is 24.8 Å². The van der Waals surface area contributed by atoms with Gasteiger partial charge in [-0.15, -0.1) is 0 Å². The Morgan fingerprint density at radius 2 is 2.15 bits per heavy atom. The van der Waals surface area contributed by atoms with E-state index in [9.17, 15) is 19.8 Å². The Balaban J connectivity index is 2.36. The van der Waals surface area contributed by atoms with Crippen molar-refractivity contribution in [3.8, 4) is 0 Å². The van der Waals surface area contributed by atoms with Crippen LogP contribution in [0.1, 0.15) is 26.2 Å². The van der Waals surface area contributed by atoms with E-state index in [1.807, 2.05) is 13.0 Å². The van der Waals surface area contributed by atoms with E-state index in [0.29, 0.717) is 19.3 Å². The normalized spacial score (nSPS) is 30.9. The number of allylic oxidation sites excluding steroid dienone is 1. The third-order valence-electron chi connectivity index (χ3n) is 4.84. The molecule has 1 heterocycles. The van der Waals surface area contributed by atoms with Crippen LogP contribution in [0.25, 0.3) is 0 Å². The van der Waals surface area contributed by atoms with Crippen molar-refractivity contribution in [1.82, 2.24) is 0 Å². The lowest BCUT2D eigenvalue weighted by atomic mass is 9.85. The van der Waals surface area contributed by atoms with Crippen LogP contribution >= 0.6 is 0 Å². The van der Waals surface area contributed by atoms with Crippen molar-refractivity contribution in [3.05, 3.63) is 47.6 Å². The predicted molar refractivity (Wildman–Crippen MR) is 97.4 cm³/mol. The first-order valence-electron chi connectivity index (χ1n) is 8.83. The molecule has 0 aromatic carbocycles. The molecule has 7 nitrogen and oxygen atoms in total. The van der Waals surface area contributed by atoms with E-state index in [1.54, 1.807) is 6.08 Å². The number of carbonyl (C=O) groups is 2. The lowest BCUT2D eigenvalue weighted by molar-refractivity contribution is -0.148. The third-order valence-corrected chi connectivity index (χ3v) is 4.84. The van der Waals surface area contributed by atoms with Gasteiger partial charge < -0.3 is 24.8 Å². The average molecular weight is 378 g/mol. The Morgan fingerprint density at radius 1 is 1.44 bits per heavy atom. The summed E-state index contributed by atoms with van der Waals surface area (Å²) < 4.78 is 10.9. The topological polar surface area (TPSA) is 113 Å². The standard InChI is InChI=1S/C20H26O7/c1-11-5-4-6-14(9-21)8-17-18(13(3)20(25)27-17)16(7-11)26-19(24)12(2)15(23)10-22/h5,8,15-18,21-23H,2-4,6-7,9-10H2,1H3/b11-5-,14-8-/t15-,16+,17-,18-/m1/s1. The first kappa shape index (κ1) is 21.1. The van der Waals surface area contributed by atoms with Crippen molar-refractivity contribution in [1.29, 1.82) is 0 Å². The number of hydrogen-bond donors (Lipinski definition) is 3. The predicted octanol–water partition coefficient (Wildman–Crippen LogP) is 0.954. The van der Waals surface area contributed by atoms with Crippen LogP contribution in [0.5, 0.6) is 0 Å². The fourth-order valence-corrected chi connectivity index (χ4v) is 3.23. The molecule has 27 heavy (non-hydrogen) atoms. The molecule has 0 aromatic rings. The van der Waals surface area contributed by atoms with Gasteiger partial charge in [0.1, 0.15) is 18.3 Å². The van der Waals surface area contributed by atoms with E-state index in [2.05, 4.69) is 13.2 Å². The van der Waals surface area contributed by atoms with E-state index >= 15 is 0 Å². The maximum Gasteiger partial charge on any atom is 0.336 e. The summed E-state index contributed by atoms with van der Waals surface area (Å²) in [5.74, 6) is -2.05. The highest BCUT2D eigenvalue weighted by Gasteiger charge is 2.44. The molecule has 0 unspecified atom stereocenters. The van der Waals surface area contributed by atoms with Crippen LogP contribution in [0.3, 0.4) is 0 Å². The molecule has 1 aliphatic heterocycles. The summed E-state index contributed by atoms with van der Waals surface area (Å²) in [5, 5.41) is 28.2. The molecule has 3 N–H and O–H groups in total. The Bertz CT molecular complexity index is 688. The molecule has 2 rings (SSSR count). The Labute approximate surface area is 158 Å². The fraction of sp³-hybridized carbons (Fsp3) is 0.500. The van der Waals surface area contributed by atoms with Crippen LogP contribution < -0.4 is 0 Å². The van der Waals surface area contributed by atoms with Gasteiger partial charge in [-0.05, 0) is 31.4 Å². The quantitative estimate of drug-likeness (QED) is 0.371. The zero-order chi connectivity index (χ0) is 20.1. The van der Waals surface area contributed by atoms with Crippen molar-refractivity contribution in [2.45, 2.75) is 44.5 Å². The summed E-state index contributed by atoms with van der Waals surface area (Å²) in [6.45, 7) is 8.32. The number of fused-ring (bicyclic) bond motifs is 1. The van der Waals surface area contributed by atoms with E-state index < -0.39 is 42.8 Å². The molecule has 148 valence electrons. The van der Waals surface area contributed by atoms with Gasteiger partial charge in [0.25, 0.3) is 0 Å². The Kier molecular flexibility index (Phi) is 7.12. The molecule has 0 aromatic heterocycles. The molecule has 0 amide bonds. The number of esters is 2. The van der Waals surface area contributed by atoms with Gasteiger partial charge in [-0.25, -0.2) is 9.59 Å². The SMILES string of the molecule is C=C1C(=O)O[C@@H]2/C=C(\CO)CC/C=C(/C)C[C@H](OC(=O)C(=C)[C@H](O)CO)[C@@H]12. The lowest BCUT2D eigenvalue weighted by Crippen LogP contribution is -2.35. The molecule has 4 atom stereocenters. The highest BCUT2D eigenvalue weighted by molar-refractivity contribution is 5.92. The number of rotatable bonds is 5. The first-order valence-corrected chi connectivity index (χ1v) is 8.83. The first-order chi connectivity index (χ1) is 12.8. The van der Waals surface area contributed by atoms with Crippen molar-refractivity contribution >= 4 is 11.9 Å². The minimum Gasteiger partial charge on any atom is -0.458 e. The molecule has 1 aliphatic carbocycles. The van der Waals surface area contributed by atoms with Gasteiger partial charge in [0.05, 0.1) is 24.7 Å². The Morgan fingerprint density at radius 3 is 2.78 bits per heavy atom. The molecule has 2 aliphatic rings. The molecule has 0 radical (unpaired) electrons. The monoisotopic (exact) mass is 378 g/mol. The fourth-order valence-electron chi connectivity index (χ4n) is 3.23. The van der Waals surface area contributed by atoms with Gasteiger partial charge in [-0.2, -0.15) is 0 Å². The van der Waals surface area contributed by atoms with Crippen molar-refractivity contribution in [2.24, 2.45) is 5.92 Å². The van der Waals surface area contributed by atoms with Crippen LogP contribution in [-0.4, -0.2) is 58.8 Å². The van der Waals surface area contributed by atoms with Gasteiger partial charge in [-0.3, -0.25) is 0 Å². The number of aliphatic hydroxyl groups is 3. The van der Waals surface area contributed by atoms with Crippen molar-refractivity contribution in [2.75, 3.05) is 13.2 Å². The van der Waals surface area contributed by atoms with Crippen LogP contribution in [0, 0.1) is 5.92 Å². The second-order valence-corrected chi connectivity index (χ2v) is 6.86. The highest BCUT2D eigenvalue weighted by Crippen LogP contribution is 2.36. The minimum absolute atomic E-state index is 0.163. The van der Waals surface area contributed by atoms with E-state index in [-0.39, 0.29) is 17.8 Å². The smallest absolute Gasteiger partial charge is 0.336 e. The van der Waals surface area contributed by atoms with Gasteiger partial charge in [0.2, 0.25) is 0 Å². The number of hydrogen-bond acceptors (Lipinski definition) is 7. The molecule has 7 heteroatoms. The third kappa shape index (κ3) is 4.94. The summed E-state index contributed by atoms with van der Waals surface area (Å²) >= 11 is 0. The summed E-state index contributed by atoms with van der Waals surface area (Å²) in [4.78, 5) is 24.4.